The van der Waals surface area contributed by atoms with Crippen LogP contribution in [0.5, 0.6) is 11.5 Å². The van der Waals surface area contributed by atoms with Gasteiger partial charge in [-0.05, 0) is 42.3 Å². The summed E-state index contributed by atoms with van der Waals surface area (Å²) in [6.07, 6.45) is 1.01. The molecule has 2 bridgehead atoms. The zero-order chi connectivity index (χ0) is 26.8. The number of nitrogens with one attached hydrogen (secondary N) is 1. The Morgan fingerprint density at radius 1 is 0.949 bits per heavy atom. The van der Waals surface area contributed by atoms with Gasteiger partial charge in [0.1, 0.15) is 6.61 Å². The standard InChI is InChI=1S/C33H30N2O4/c1-33-20-26(28-16-9-17-29(31(28)39-33)38-22-24-12-6-3-7-13-24)19-30(36)35(33)27-15-8-14-25(18-27)32(37)34-21-23-10-4-2-5-11-23/h2-18,26H,19-22H2,1H3,(H,34,37). The molecule has 0 radical (unpaired) electrons. The highest BCUT2D eigenvalue weighted by Gasteiger charge is 2.50. The number of nitrogens with zero attached hydrogens (tertiary/aromatic N) is 1. The number of anilines is 1. The number of para-hydroxylation sites is 1. The van der Waals surface area contributed by atoms with E-state index in [4.69, 9.17) is 9.47 Å². The molecule has 2 heterocycles. The normalized spacial score (nSPS) is 19.6. The van der Waals surface area contributed by atoms with Crippen molar-refractivity contribution in [2.75, 3.05) is 4.90 Å². The Morgan fingerprint density at radius 2 is 1.67 bits per heavy atom. The largest absolute Gasteiger partial charge is 0.485 e. The molecule has 0 aromatic heterocycles. The Hall–Kier alpha value is -4.58. The number of benzene rings is 4. The number of fused-ring (bicyclic) bond motifs is 4. The number of piperidine rings is 1. The molecule has 39 heavy (non-hydrogen) atoms. The molecule has 0 aliphatic carbocycles. The van der Waals surface area contributed by atoms with Crippen molar-refractivity contribution in [3.05, 3.63) is 125 Å². The molecule has 6 nitrogen and oxygen atoms in total. The molecule has 4 aromatic carbocycles. The lowest BCUT2D eigenvalue weighted by Gasteiger charge is -2.50. The minimum Gasteiger partial charge on any atom is -0.485 e. The summed E-state index contributed by atoms with van der Waals surface area (Å²) in [5.74, 6) is 1.15. The van der Waals surface area contributed by atoms with E-state index in [2.05, 4.69) is 5.32 Å². The van der Waals surface area contributed by atoms with Crippen molar-refractivity contribution < 1.29 is 19.1 Å². The molecule has 1 N–H and O–H groups in total. The third-order valence-corrected chi connectivity index (χ3v) is 7.44. The molecule has 2 unspecified atom stereocenters. The van der Waals surface area contributed by atoms with Gasteiger partial charge in [-0.1, -0.05) is 78.9 Å². The van der Waals surface area contributed by atoms with Crippen LogP contribution >= 0.6 is 0 Å². The van der Waals surface area contributed by atoms with Crippen LogP contribution in [-0.2, 0) is 17.9 Å². The Labute approximate surface area is 228 Å². The Morgan fingerprint density at radius 3 is 2.44 bits per heavy atom. The van der Waals surface area contributed by atoms with Crippen LogP contribution in [0.25, 0.3) is 0 Å². The molecule has 2 atom stereocenters. The molecule has 2 aliphatic heterocycles. The number of hydrogen-bond donors (Lipinski definition) is 1. The number of amides is 2. The monoisotopic (exact) mass is 518 g/mol. The molecule has 1 saturated heterocycles. The molecular weight excluding hydrogens is 488 g/mol. The number of hydrogen-bond acceptors (Lipinski definition) is 4. The Kier molecular flexibility index (Phi) is 6.53. The SMILES string of the molecule is CC12CC(CC(=O)N1c1cccc(C(=O)NCc3ccccc3)c1)c1cccc(OCc3ccccc3)c1O2. The summed E-state index contributed by atoms with van der Waals surface area (Å²) in [5.41, 5.74) is 3.30. The van der Waals surface area contributed by atoms with Crippen molar-refractivity contribution in [1.29, 1.82) is 0 Å². The zero-order valence-corrected chi connectivity index (χ0v) is 21.8. The maximum atomic E-state index is 13.5. The van der Waals surface area contributed by atoms with E-state index in [1.807, 2.05) is 91.9 Å². The van der Waals surface area contributed by atoms with E-state index in [0.717, 1.165) is 16.7 Å². The molecule has 4 aromatic rings. The predicted octanol–water partition coefficient (Wildman–Crippen LogP) is 6.21. The second-order valence-corrected chi connectivity index (χ2v) is 10.3. The zero-order valence-electron chi connectivity index (χ0n) is 21.8. The van der Waals surface area contributed by atoms with Crippen LogP contribution in [0, 0.1) is 0 Å². The van der Waals surface area contributed by atoms with Gasteiger partial charge in [-0.15, -0.1) is 0 Å². The molecule has 0 saturated carbocycles. The molecule has 6 heteroatoms. The van der Waals surface area contributed by atoms with E-state index in [1.54, 1.807) is 23.1 Å². The number of carbonyl (C=O) groups excluding carboxylic acids is 2. The van der Waals surface area contributed by atoms with Crippen molar-refractivity contribution >= 4 is 17.5 Å². The fourth-order valence-corrected chi connectivity index (χ4v) is 5.61. The molecule has 196 valence electrons. The average Bonchev–Trinajstić information content (AvgIpc) is 2.96. The first-order valence-corrected chi connectivity index (χ1v) is 13.2. The summed E-state index contributed by atoms with van der Waals surface area (Å²) in [4.78, 5) is 28.2. The predicted molar refractivity (Wildman–Crippen MR) is 150 cm³/mol. The quantitative estimate of drug-likeness (QED) is 0.316. The average molecular weight is 519 g/mol. The van der Waals surface area contributed by atoms with Gasteiger partial charge in [-0.25, -0.2) is 0 Å². The van der Waals surface area contributed by atoms with Crippen LogP contribution in [0.2, 0.25) is 0 Å². The fourth-order valence-electron chi connectivity index (χ4n) is 5.61. The van der Waals surface area contributed by atoms with E-state index in [0.29, 0.717) is 48.7 Å². The molecular formula is C33H30N2O4. The van der Waals surface area contributed by atoms with Gasteiger partial charge < -0.3 is 14.8 Å². The van der Waals surface area contributed by atoms with Gasteiger partial charge in [0, 0.05) is 42.1 Å². The van der Waals surface area contributed by atoms with E-state index in [1.165, 1.54) is 0 Å². The number of carbonyl (C=O) groups is 2. The van der Waals surface area contributed by atoms with Gasteiger partial charge in [0.15, 0.2) is 17.2 Å². The van der Waals surface area contributed by atoms with E-state index in [-0.39, 0.29) is 17.7 Å². The Bertz CT molecular complexity index is 1500. The summed E-state index contributed by atoms with van der Waals surface area (Å²) >= 11 is 0. The van der Waals surface area contributed by atoms with Gasteiger partial charge in [-0.2, -0.15) is 0 Å². The first-order valence-electron chi connectivity index (χ1n) is 13.2. The second kappa shape index (κ2) is 10.3. The van der Waals surface area contributed by atoms with Gasteiger partial charge in [0.05, 0.1) is 0 Å². The highest BCUT2D eigenvalue weighted by atomic mass is 16.5. The smallest absolute Gasteiger partial charge is 0.251 e. The van der Waals surface area contributed by atoms with Gasteiger partial charge >= 0.3 is 0 Å². The van der Waals surface area contributed by atoms with Crippen LogP contribution in [0.3, 0.4) is 0 Å². The second-order valence-electron chi connectivity index (χ2n) is 10.3. The van der Waals surface area contributed by atoms with Crippen molar-refractivity contribution in [2.45, 2.75) is 44.6 Å². The van der Waals surface area contributed by atoms with E-state index in [9.17, 15) is 9.59 Å². The molecule has 6 rings (SSSR count). The first kappa shape index (κ1) is 24.7. The third-order valence-electron chi connectivity index (χ3n) is 7.44. The summed E-state index contributed by atoms with van der Waals surface area (Å²) < 4.78 is 12.8. The van der Waals surface area contributed by atoms with Gasteiger partial charge in [0.2, 0.25) is 5.91 Å². The summed E-state index contributed by atoms with van der Waals surface area (Å²) in [6.45, 7) is 2.79. The lowest BCUT2D eigenvalue weighted by atomic mass is 9.80. The molecule has 1 fully saturated rings. The topological polar surface area (TPSA) is 67.9 Å². The maximum absolute atomic E-state index is 13.5. The summed E-state index contributed by atoms with van der Waals surface area (Å²) in [7, 11) is 0. The van der Waals surface area contributed by atoms with Crippen LogP contribution in [0.1, 0.15) is 52.7 Å². The molecule has 2 amide bonds. The summed E-state index contributed by atoms with van der Waals surface area (Å²) in [5, 5.41) is 2.97. The minimum atomic E-state index is -0.918. The lowest BCUT2D eigenvalue weighted by molar-refractivity contribution is -0.127. The van der Waals surface area contributed by atoms with Gasteiger partial charge in [0.25, 0.3) is 5.91 Å². The lowest BCUT2D eigenvalue weighted by Crippen LogP contribution is -2.60. The van der Waals surface area contributed by atoms with E-state index >= 15 is 0 Å². The van der Waals surface area contributed by atoms with Crippen molar-refractivity contribution in [3.63, 3.8) is 0 Å². The molecule has 0 spiro atoms. The highest BCUT2D eigenvalue weighted by Crippen LogP contribution is 2.52. The third kappa shape index (κ3) is 4.98. The van der Waals surface area contributed by atoms with Crippen molar-refractivity contribution in [1.82, 2.24) is 5.32 Å². The van der Waals surface area contributed by atoms with Crippen LogP contribution in [0.15, 0.2) is 103 Å². The van der Waals surface area contributed by atoms with Crippen molar-refractivity contribution in [2.24, 2.45) is 0 Å². The van der Waals surface area contributed by atoms with Crippen LogP contribution < -0.4 is 19.7 Å². The maximum Gasteiger partial charge on any atom is 0.251 e. The molecule has 2 aliphatic rings. The Balaban J connectivity index is 1.25. The van der Waals surface area contributed by atoms with Crippen LogP contribution in [0.4, 0.5) is 5.69 Å². The van der Waals surface area contributed by atoms with Crippen molar-refractivity contribution in [3.8, 4) is 11.5 Å². The highest BCUT2D eigenvalue weighted by molar-refractivity contribution is 5.99. The number of rotatable bonds is 7. The summed E-state index contributed by atoms with van der Waals surface area (Å²) in [6, 6.07) is 32.8. The van der Waals surface area contributed by atoms with Crippen LogP contribution in [-0.4, -0.2) is 17.5 Å². The number of ether oxygens (including phenoxy) is 2. The van der Waals surface area contributed by atoms with E-state index < -0.39 is 5.72 Å². The fraction of sp³-hybridized carbons (Fsp3) is 0.212. The van der Waals surface area contributed by atoms with Gasteiger partial charge in [-0.3, -0.25) is 14.5 Å². The minimum absolute atomic E-state index is 0.0279. The first-order chi connectivity index (χ1) is 19.0.